The van der Waals surface area contributed by atoms with Gasteiger partial charge in [0.25, 0.3) is 0 Å². The van der Waals surface area contributed by atoms with Crippen LogP contribution in [0.4, 0.5) is 0 Å². The summed E-state index contributed by atoms with van der Waals surface area (Å²) >= 11 is 3.33. The minimum absolute atomic E-state index is 0.0146. The second-order valence-corrected chi connectivity index (χ2v) is 11.2. The molecule has 0 radical (unpaired) electrons. The standard InChI is InChI=1S/C26H26BrNO5/c27-15-5-1-13(2-6-15)21(29)12-33-26(32)14-3-7-16(8-4-14)28-24(30)22-17-9-10-18(20-11-19(17)20)23(22)25(28)31/h1-2,5-6,9-10,14,16-20,22-23H,3-4,7-8,11-12H2/t14?,16?,17-,18-,19-,20-,22+,23+/m1/s1. The Morgan fingerprint density at radius 1 is 0.909 bits per heavy atom. The van der Waals surface area contributed by atoms with Crippen molar-refractivity contribution in [1.82, 2.24) is 4.90 Å². The molecule has 1 saturated heterocycles. The highest BCUT2D eigenvalue weighted by molar-refractivity contribution is 9.10. The van der Waals surface area contributed by atoms with Gasteiger partial charge in [-0.15, -0.1) is 0 Å². The predicted octanol–water partition coefficient (Wildman–Crippen LogP) is 3.79. The molecular formula is C26H26BrNO5. The summed E-state index contributed by atoms with van der Waals surface area (Å²) in [4.78, 5) is 53.0. The molecule has 3 saturated carbocycles. The van der Waals surface area contributed by atoms with Crippen LogP contribution >= 0.6 is 15.9 Å². The molecule has 2 bridgehead atoms. The van der Waals surface area contributed by atoms with Crippen LogP contribution < -0.4 is 0 Å². The Morgan fingerprint density at radius 2 is 1.48 bits per heavy atom. The molecule has 5 aliphatic carbocycles. The lowest BCUT2D eigenvalue weighted by molar-refractivity contribution is -0.149. The minimum Gasteiger partial charge on any atom is -0.457 e. The molecule has 33 heavy (non-hydrogen) atoms. The lowest BCUT2D eigenvalue weighted by Crippen LogP contribution is -2.44. The first-order chi connectivity index (χ1) is 15.9. The minimum atomic E-state index is -0.367. The number of Topliss-reactive ketones (excluding diaryl/α,β-unsaturated/α-hetero) is 1. The maximum atomic E-state index is 13.3. The molecular weight excluding hydrogens is 486 g/mol. The molecule has 0 unspecified atom stereocenters. The summed E-state index contributed by atoms with van der Waals surface area (Å²) in [5.74, 6) is 0.484. The molecule has 7 heteroatoms. The number of hydrogen-bond acceptors (Lipinski definition) is 5. The van der Waals surface area contributed by atoms with Crippen LogP contribution in [0.2, 0.25) is 0 Å². The number of likely N-dealkylation sites (tertiary alicyclic amines) is 1. The van der Waals surface area contributed by atoms with Crippen molar-refractivity contribution in [2.75, 3.05) is 6.61 Å². The van der Waals surface area contributed by atoms with Crippen LogP contribution in [0.15, 0.2) is 40.9 Å². The average Bonchev–Trinajstić information content (AvgIpc) is 3.61. The highest BCUT2D eigenvalue weighted by Crippen LogP contribution is 2.65. The van der Waals surface area contributed by atoms with Crippen molar-refractivity contribution in [2.24, 2.45) is 41.4 Å². The summed E-state index contributed by atoms with van der Waals surface area (Å²) in [7, 11) is 0. The number of nitrogens with zero attached hydrogens (tertiary/aromatic N) is 1. The Morgan fingerprint density at radius 3 is 2.06 bits per heavy atom. The number of halogens is 1. The summed E-state index contributed by atoms with van der Waals surface area (Å²) in [5.41, 5.74) is 0.503. The number of ketones is 1. The number of carbonyl (C=O) groups is 4. The topological polar surface area (TPSA) is 80.8 Å². The molecule has 6 aliphatic rings. The van der Waals surface area contributed by atoms with Crippen LogP contribution in [-0.4, -0.2) is 41.1 Å². The average molecular weight is 512 g/mol. The van der Waals surface area contributed by atoms with Gasteiger partial charge >= 0.3 is 5.97 Å². The summed E-state index contributed by atoms with van der Waals surface area (Å²) in [6.07, 6.45) is 7.92. The molecule has 4 fully saturated rings. The number of ether oxygens (including phenoxy) is 1. The SMILES string of the molecule is O=C(COC(=O)C1CCC(N2C(=O)[C@H]3[C@@H]4C=C[C@H]([C@H]5C[C@H]45)[C@@H]3C2=O)CC1)c1ccc(Br)cc1. The smallest absolute Gasteiger partial charge is 0.309 e. The molecule has 1 aliphatic heterocycles. The summed E-state index contributed by atoms with van der Waals surface area (Å²) in [5, 5.41) is 0. The molecule has 172 valence electrons. The van der Waals surface area contributed by atoms with Gasteiger partial charge in [0.05, 0.1) is 17.8 Å². The first-order valence-corrected chi connectivity index (χ1v) is 12.7. The van der Waals surface area contributed by atoms with Gasteiger partial charge in [-0.3, -0.25) is 24.1 Å². The van der Waals surface area contributed by atoms with Gasteiger partial charge in [0.1, 0.15) is 0 Å². The van der Waals surface area contributed by atoms with Crippen LogP contribution in [-0.2, 0) is 19.1 Å². The predicted molar refractivity (Wildman–Crippen MR) is 122 cm³/mol. The van der Waals surface area contributed by atoms with Gasteiger partial charge in [0.2, 0.25) is 11.8 Å². The second-order valence-electron chi connectivity index (χ2n) is 10.2. The van der Waals surface area contributed by atoms with E-state index in [1.807, 2.05) is 0 Å². The number of esters is 1. The van der Waals surface area contributed by atoms with Crippen molar-refractivity contribution < 1.29 is 23.9 Å². The maximum absolute atomic E-state index is 13.3. The summed E-state index contributed by atoms with van der Waals surface area (Å²) in [6.45, 7) is -0.273. The zero-order valence-electron chi connectivity index (χ0n) is 18.2. The third-order valence-electron chi connectivity index (χ3n) is 8.60. The van der Waals surface area contributed by atoms with E-state index in [0.717, 1.165) is 10.9 Å². The normalized spacial score (nSPS) is 38.2. The van der Waals surface area contributed by atoms with E-state index in [4.69, 9.17) is 4.74 Å². The first-order valence-electron chi connectivity index (χ1n) is 11.9. The highest BCUT2D eigenvalue weighted by atomic mass is 79.9. The fraction of sp³-hybridized carbons (Fsp3) is 0.538. The number of carbonyl (C=O) groups excluding carboxylic acids is 4. The monoisotopic (exact) mass is 511 g/mol. The Bertz CT molecular complexity index is 1020. The van der Waals surface area contributed by atoms with Crippen LogP contribution in [0.3, 0.4) is 0 Å². The molecule has 1 aromatic carbocycles. The van der Waals surface area contributed by atoms with E-state index in [1.54, 1.807) is 29.2 Å². The molecule has 0 N–H and O–H groups in total. The summed E-state index contributed by atoms with van der Waals surface area (Å²) in [6, 6.07) is 6.81. The number of allylic oxidation sites excluding steroid dienone is 2. The largest absolute Gasteiger partial charge is 0.457 e. The van der Waals surface area contributed by atoms with Crippen molar-refractivity contribution >= 4 is 39.5 Å². The zero-order valence-corrected chi connectivity index (χ0v) is 19.8. The van der Waals surface area contributed by atoms with E-state index in [0.29, 0.717) is 43.1 Å². The zero-order chi connectivity index (χ0) is 22.9. The van der Waals surface area contributed by atoms with Gasteiger partial charge in [-0.25, -0.2) is 0 Å². The van der Waals surface area contributed by atoms with Crippen LogP contribution in [0.5, 0.6) is 0 Å². The van der Waals surface area contributed by atoms with Gasteiger partial charge in [-0.1, -0.05) is 40.2 Å². The second kappa shape index (κ2) is 7.90. The van der Waals surface area contributed by atoms with Gasteiger partial charge < -0.3 is 4.74 Å². The van der Waals surface area contributed by atoms with Gasteiger partial charge in [-0.05, 0) is 67.9 Å². The van der Waals surface area contributed by atoms with Crippen LogP contribution in [0, 0.1) is 41.4 Å². The number of benzene rings is 1. The lowest BCUT2D eigenvalue weighted by Gasteiger charge is -2.37. The first kappa shape index (κ1) is 21.3. The molecule has 0 aromatic heterocycles. The third kappa shape index (κ3) is 3.42. The van der Waals surface area contributed by atoms with E-state index in [2.05, 4.69) is 28.1 Å². The molecule has 1 heterocycles. The fourth-order valence-electron chi connectivity index (χ4n) is 6.88. The number of amides is 2. The summed E-state index contributed by atoms with van der Waals surface area (Å²) < 4.78 is 6.18. The van der Waals surface area contributed by atoms with Crippen molar-refractivity contribution in [2.45, 2.75) is 38.1 Å². The van der Waals surface area contributed by atoms with E-state index < -0.39 is 0 Å². The van der Waals surface area contributed by atoms with E-state index in [9.17, 15) is 19.2 Å². The Hall–Kier alpha value is -2.28. The van der Waals surface area contributed by atoms with Crippen LogP contribution in [0.1, 0.15) is 42.5 Å². The Kier molecular flexibility index (Phi) is 5.09. The molecule has 0 spiro atoms. The number of rotatable bonds is 5. The lowest BCUT2D eigenvalue weighted by atomic mass is 9.63. The van der Waals surface area contributed by atoms with Crippen molar-refractivity contribution in [1.29, 1.82) is 0 Å². The van der Waals surface area contributed by atoms with E-state index >= 15 is 0 Å². The molecule has 6 nitrogen and oxygen atoms in total. The molecule has 1 aromatic rings. The van der Waals surface area contributed by atoms with E-state index in [-0.39, 0.29) is 65.8 Å². The highest BCUT2D eigenvalue weighted by Gasteiger charge is 2.67. The number of imide groups is 1. The van der Waals surface area contributed by atoms with Crippen molar-refractivity contribution in [3.63, 3.8) is 0 Å². The van der Waals surface area contributed by atoms with Crippen LogP contribution in [0.25, 0.3) is 0 Å². The third-order valence-corrected chi connectivity index (χ3v) is 9.13. The van der Waals surface area contributed by atoms with Gasteiger partial charge in [0, 0.05) is 16.1 Å². The van der Waals surface area contributed by atoms with E-state index in [1.165, 1.54) is 0 Å². The molecule has 6 atom stereocenters. The Labute approximate surface area is 200 Å². The van der Waals surface area contributed by atoms with Crippen molar-refractivity contribution in [3.8, 4) is 0 Å². The Balaban J connectivity index is 1.04. The number of hydrogen-bond donors (Lipinski definition) is 0. The fourth-order valence-corrected chi connectivity index (χ4v) is 7.15. The molecule has 2 amide bonds. The van der Waals surface area contributed by atoms with Gasteiger partial charge in [-0.2, -0.15) is 0 Å². The van der Waals surface area contributed by atoms with Crippen molar-refractivity contribution in [3.05, 3.63) is 46.5 Å². The molecule has 7 rings (SSSR count). The van der Waals surface area contributed by atoms with Gasteiger partial charge in [0.15, 0.2) is 12.4 Å². The quantitative estimate of drug-likeness (QED) is 0.260. The maximum Gasteiger partial charge on any atom is 0.309 e.